The van der Waals surface area contributed by atoms with Gasteiger partial charge in [0.15, 0.2) is 0 Å². The van der Waals surface area contributed by atoms with E-state index in [9.17, 15) is 9.59 Å². The summed E-state index contributed by atoms with van der Waals surface area (Å²) in [6, 6.07) is 7.25. The van der Waals surface area contributed by atoms with Gasteiger partial charge < -0.3 is 10.4 Å². The van der Waals surface area contributed by atoms with Gasteiger partial charge in [0.2, 0.25) is 5.91 Å². The molecule has 2 atom stereocenters. The summed E-state index contributed by atoms with van der Waals surface area (Å²) in [5.74, 6) is -1.40. The first-order valence-corrected chi connectivity index (χ1v) is 6.57. The van der Waals surface area contributed by atoms with E-state index in [0.717, 1.165) is 11.5 Å². The Morgan fingerprint density at radius 2 is 2.19 bits per heavy atom. The quantitative estimate of drug-likeness (QED) is 0.881. The summed E-state index contributed by atoms with van der Waals surface area (Å²) >= 11 is 0. The Morgan fingerprint density at radius 1 is 1.38 bits per heavy atom. The number of carboxylic acid groups (broad SMARTS) is 1. The van der Waals surface area contributed by atoms with Crippen molar-refractivity contribution in [3.8, 4) is 5.69 Å². The van der Waals surface area contributed by atoms with Crippen LogP contribution in [-0.4, -0.2) is 31.7 Å². The maximum atomic E-state index is 11.9. The lowest BCUT2D eigenvalue weighted by molar-refractivity contribution is -0.139. The second kappa shape index (κ2) is 5.01. The number of amides is 1. The van der Waals surface area contributed by atoms with Crippen LogP contribution in [0, 0.1) is 18.8 Å². The van der Waals surface area contributed by atoms with Crippen LogP contribution in [-0.2, 0) is 9.59 Å². The van der Waals surface area contributed by atoms with E-state index in [1.54, 1.807) is 23.0 Å². The van der Waals surface area contributed by atoms with Crippen molar-refractivity contribution in [3.63, 3.8) is 0 Å². The Labute approximate surface area is 120 Å². The van der Waals surface area contributed by atoms with Crippen molar-refractivity contribution < 1.29 is 14.7 Å². The molecular weight excluding hydrogens is 272 g/mol. The lowest BCUT2D eigenvalue weighted by atomic mass is 10.2. The molecule has 21 heavy (non-hydrogen) atoms. The Morgan fingerprint density at radius 3 is 2.81 bits per heavy atom. The number of hydrogen-bond acceptors (Lipinski definition) is 4. The number of anilines is 1. The van der Waals surface area contributed by atoms with E-state index in [0.29, 0.717) is 12.1 Å². The van der Waals surface area contributed by atoms with Gasteiger partial charge in [0.1, 0.15) is 12.2 Å². The van der Waals surface area contributed by atoms with Crippen LogP contribution in [0.25, 0.3) is 5.69 Å². The molecule has 7 heteroatoms. The average molecular weight is 286 g/mol. The third-order valence-corrected chi connectivity index (χ3v) is 3.55. The lowest BCUT2D eigenvalue weighted by Gasteiger charge is -2.08. The van der Waals surface area contributed by atoms with Crippen molar-refractivity contribution in [3.05, 3.63) is 36.4 Å². The monoisotopic (exact) mass is 286 g/mol. The highest BCUT2D eigenvalue weighted by atomic mass is 16.4. The predicted molar refractivity (Wildman–Crippen MR) is 74.0 cm³/mol. The van der Waals surface area contributed by atoms with E-state index in [-0.39, 0.29) is 5.91 Å². The molecule has 2 aromatic rings. The number of carbonyl (C=O) groups is 2. The Bertz CT molecular complexity index is 710. The Balaban J connectivity index is 1.74. The molecule has 1 aromatic carbocycles. The summed E-state index contributed by atoms with van der Waals surface area (Å²) in [5, 5.41) is 19.3. The predicted octanol–water partition coefficient (Wildman–Crippen LogP) is 1.23. The SMILES string of the molecule is Cc1nncn1-c1cccc(NC(=O)C2CC2C(=O)O)c1. The van der Waals surface area contributed by atoms with Crippen LogP contribution < -0.4 is 5.32 Å². The molecule has 108 valence electrons. The number of aryl methyl sites for hydroxylation is 1. The molecule has 1 saturated carbocycles. The van der Waals surface area contributed by atoms with Crippen LogP contribution >= 0.6 is 0 Å². The average Bonchev–Trinajstić information content (AvgIpc) is 3.15. The number of aromatic nitrogens is 3. The van der Waals surface area contributed by atoms with Gasteiger partial charge in [-0.15, -0.1) is 10.2 Å². The zero-order chi connectivity index (χ0) is 15.0. The molecule has 0 radical (unpaired) electrons. The van der Waals surface area contributed by atoms with Gasteiger partial charge in [0.25, 0.3) is 0 Å². The van der Waals surface area contributed by atoms with Crippen molar-refractivity contribution in [2.24, 2.45) is 11.8 Å². The van der Waals surface area contributed by atoms with Crippen LogP contribution in [0.3, 0.4) is 0 Å². The van der Waals surface area contributed by atoms with E-state index < -0.39 is 17.8 Å². The van der Waals surface area contributed by atoms with Gasteiger partial charge in [0.05, 0.1) is 17.5 Å². The van der Waals surface area contributed by atoms with Gasteiger partial charge in [-0.05, 0) is 31.5 Å². The van der Waals surface area contributed by atoms with E-state index in [2.05, 4.69) is 15.5 Å². The van der Waals surface area contributed by atoms with Gasteiger partial charge in [-0.2, -0.15) is 0 Å². The van der Waals surface area contributed by atoms with Crippen molar-refractivity contribution in [1.29, 1.82) is 0 Å². The molecule has 0 spiro atoms. The Hall–Kier alpha value is -2.70. The molecule has 3 rings (SSSR count). The molecule has 7 nitrogen and oxygen atoms in total. The second-order valence-corrected chi connectivity index (χ2v) is 5.07. The Kier molecular flexibility index (Phi) is 3.17. The minimum absolute atomic E-state index is 0.250. The molecular formula is C14H14N4O3. The fourth-order valence-corrected chi connectivity index (χ4v) is 2.27. The first-order valence-electron chi connectivity index (χ1n) is 6.57. The number of aliphatic carboxylic acids is 1. The first-order chi connectivity index (χ1) is 10.1. The van der Waals surface area contributed by atoms with Gasteiger partial charge in [-0.25, -0.2) is 0 Å². The summed E-state index contributed by atoms with van der Waals surface area (Å²) in [7, 11) is 0. The second-order valence-electron chi connectivity index (χ2n) is 5.07. The summed E-state index contributed by atoms with van der Waals surface area (Å²) in [5.41, 5.74) is 1.46. The van der Waals surface area contributed by atoms with Crippen LogP contribution in [0.5, 0.6) is 0 Å². The number of hydrogen-bond donors (Lipinski definition) is 2. The van der Waals surface area contributed by atoms with Crippen molar-refractivity contribution in [2.45, 2.75) is 13.3 Å². The molecule has 1 aliphatic rings. The largest absolute Gasteiger partial charge is 0.481 e. The summed E-state index contributed by atoms with van der Waals surface area (Å²) in [4.78, 5) is 22.7. The van der Waals surface area contributed by atoms with E-state index in [1.165, 1.54) is 0 Å². The van der Waals surface area contributed by atoms with Gasteiger partial charge in [-0.3, -0.25) is 14.2 Å². The highest BCUT2D eigenvalue weighted by Crippen LogP contribution is 2.39. The molecule has 1 fully saturated rings. The number of benzene rings is 1. The fraction of sp³-hybridized carbons (Fsp3) is 0.286. The van der Waals surface area contributed by atoms with Crippen molar-refractivity contribution >= 4 is 17.6 Å². The molecule has 1 aliphatic carbocycles. The number of carboxylic acids is 1. The third-order valence-electron chi connectivity index (χ3n) is 3.55. The molecule has 0 bridgehead atoms. The topological polar surface area (TPSA) is 97.1 Å². The highest BCUT2D eigenvalue weighted by Gasteiger charge is 2.48. The normalized spacial score (nSPS) is 20.0. The maximum absolute atomic E-state index is 11.9. The molecule has 0 saturated heterocycles. The zero-order valence-electron chi connectivity index (χ0n) is 11.4. The first kappa shape index (κ1) is 13.3. The standard InChI is InChI=1S/C14H14N4O3/c1-8-17-15-7-18(8)10-4-2-3-9(5-10)16-13(19)11-6-12(11)14(20)21/h2-5,7,11-12H,6H2,1H3,(H,16,19)(H,20,21). The molecule has 1 aromatic heterocycles. The van der Waals surface area contributed by atoms with E-state index in [1.807, 2.05) is 19.1 Å². The minimum Gasteiger partial charge on any atom is -0.481 e. The van der Waals surface area contributed by atoms with Crippen LogP contribution in [0.15, 0.2) is 30.6 Å². The van der Waals surface area contributed by atoms with Crippen LogP contribution in [0.1, 0.15) is 12.2 Å². The number of nitrogens with zero attached hydrogens (tertiary/aromatic N) is 3. The van der Waals surface area contributed by atoms with Crippen molar-refractivity contribution in [1.82, 2.24) is 14.8 Å². The summed E-state index contributed by atoms with van der Waals surface area (Å²) < 4.78 is 1.80. The number of nitrogens with one attached hydrogen (secondary N) is 1. The maximum Gasteiger partial charge on any atom is 0.307 e. The number of carbonyl (C=O) groups excluding carboxylic acids is 1. The summed E-state index contributed by atoms with van der Waals surface area (Å²) in [6.07, 6.45) is 2.00. The van der Waals surface area contributed by atoms with E-state index >= 15 is 0 Å². The fourth-order valence-electron chi connectivity index (χ4n) is 2.27. The lowest BCUT2D eigenvalue weighted by Crippen LogP contribution is -2.16. The molecule has 0 aliphatic heterocycles. The van der Waals surface area contributed by atoms with Crippen LogP contribution in [0.4, 0.5) is 5.69 Å². The van der Waals surface area contributed by atoms with E-state index in [4.69, 9.17) is 5.11 Å². The van der Waals surface area contributed by atoms with Gasteiger partial charge >= 0.3 is 5.97 Å². The molecule has 2 N–H and O–H groups in total. The highest BCUT2D eigenvalue weighted by molar-refractivity contribution is 5.98. The molecule has 1 heterocycles. The number of rotatable bonds is 4. The minimum atomic E-state index is -0.913. The van der Waals surface area contributed by atoms with Crippen molar-refractivity contribution in [2.75, 3.05) is 5.32 Å². The smallest absolute Gasteiger partial charge is 0.307 e. The third kappa shape index (κ3) is 2.62. The van der Waals surface area contributed by atoms with Gasteiger partial charge in [-0.1, -0.05) is 6.07 Å². The van der Waals surface area contributed by atoms with Crippen LogP contribution in [0.2, 0.25) is 0 Å². The zero-order valence-corrected chi connectivity index (χ0v) is 11.4. The molecule has 2 unspecified atom stereocenters. The summed E-state index contributed by atoms with van der Waals surface area (Å²) in [6.45, 7) is 1.83. The molecule has 1 amide bonds. The van der Waals surface area contributed by atoms with Gasteiger partial charge in [0, 0.05) is 5.69 Å².